The molecule has 1 N–H and O–H groups in total. The maximum atomic E-state index is 13.3. The van der Waals surface area contributed by atoms with Gasteiger partial charge in [0, 0.05) is 24.6 Å². The van der Waals surface area contributed by atoms with Crippen LogP contribution in [0.2, 0.25) is 0 Å². The van der Waals surface area contributed by atoms with Crippen molar-refractivity contribution < 1.29 is 8.78 Å². The second-order valence-electron chi connectivity index (χ2n) is 6.50. The zero-order valence-electron chi connectivity index (χ0n) is 13.7. The van der Waals surface area contributed by atoms with E-state index in [-0.39, 0.29) is 18.9 Å². The lowest BCUT2D eigenvalue weighted by molar-refractivity contribution is -0.0361. The summed E-state index contributed by atoms with van der Waals surface area (Å²) in [6, 6.07) is 5.97. The summed E-state index contributed by atoms with van der Waals surface area (Å²) in [5, 5.41) is 7.77. The first-order valence-corrected chi connectivity index (χ1v) is 7.99. The summed E-state index contributed by atoms with van der Waals surface area (Å²) in [6.07, 6.45) is 0.831. The molecule has 0 saturated heterocycles. The molecule has 4 nitrogen and oxygen atoms in total. The molecule has 1 aliphatic carbocycles. The molecule has 0 aliphatic heterocycles. The average molecular weight is 320 g/mol. The number of halogens is 2. The molecule has 0 aromatic carbocycles. The number of hydrogen-bond donors (Lipinski definition) is 1. The first-order chi connectivity index (χ1) is 10.8. The van der Waals surface area contributed by atoms with Crippen molar-refractivity contribution in [2.24, 2.45) is 0 Å². The fourth-order valence-corrected chi connectivity index (χ4v) is 3.09. The smallest absolute Gasteiger partial charge is 0.248 e. The summed E-state index contributed by atoms with van der Waals surface area (Å²) in [4.78, 5) is 4.61. The molecular weight excluding hydrogens is 298 g/mol. The van der Waals surface area contributed by atoms with Crippen molar-refractivity contribution in [3.05, 3.63) is 35.2 Å². The SMILES string of the molecule is Cc1cc(NC2CCC(F)(F)CC2)nc(-n2nc(C)cc2C)c1. The average Bonchev–Trinajstić information content (AvgIpc) is 2.79. The fraction of sp³-hybridized carbons (Fsp3) is 0.529. The molecule has 0 atom stereocenters. The molecule has 0 amide bonds. The highest BCUT2D eigenvalue weighted by atomic mass is 19.3. The van der Waals surface area contributed by atoms with Crippen LogP contribution in [0, 0.1) is 20.8 Å². The van der Waals surface area contributed by atoms with Crippen LogP contribution in [0.3, 0.4) is 0 Å². The van der Waals surface area contributed by atoms with Crippen LogP contribution in [0.4, 0.5) is 14.6 Å². The predicted octanol–water partition coefficient (Wildman–Crippen LogP) is 4.18. The minimum atomic E-state index is -2.51. The highest BCUT2D eigenvalue weighted by Gasteiger charge is 2.34. The minimum Gasteiger partial charge on any atom is -0.367 e. The normalized spacial score (nSPS) is 18.1. The van der Waals surface area contributed by atoms with Gasteiger partial charge in [0.05, 0.1) is 5.69 Å². The summed E-state index contributed by atoms with van der Waals surface area (Å²) in [6.45, 7) is 5.93. The molecule has 2 heterocycles. The first-order valence-electron chi connectivity index (χ1n) is 7.99. The van der Waals surface area contributed by atoms with Gasteiger partial charge in [0.2, 0.25) is 5.92 Å². The summed E-state index contributed by atoms with van der Waals surface area (Å²) >= 11 is 0. The largest absolute Gasteiger partial charge is 0.367 e. The van der Waals surface area contributed by atoms with E-state index in [0.717, 1.165) is 28.6 Å². The molecule has 1 aliphatic rings. The topological polar surface area (TPSA) is 42.7 Å². The fourth-order valence-electron chi connectivity index (χ4n) is 3.09. The van der Waals surface area contributed by atoms with Gasteiger partial charge in [0.25, 0.3) is 0 Å². The van der Waals surface area contributed by atoms with E-state index in [2.05, 4.69) is 15.4 Å². The van der Waals surface area contributed by atoms with Crippen LogP contribution < -0.4 is 5.32 Å². The number of anilines is 1. The van der Waals surface area contributed by atoms with E-state index in [0.29, 0.717) is 12.8 Å². The highest BCUT2D eigenvalue weighted by Crippen LogP contribution is 2.34. The van der Waals surface area contributed by atoms with E-state index in [9.17, 15) is 8.78 Å². The third-order valence-electron chi connectivity index (χ3n) is 4.25. The number of aryl methyl sites for hydroxylation is 3. The van der Waals surface area contributed by atoms with Crippen LogP contribution >= 0.6 is 0 Å². The van der Waals surface area contributed by atoms with Crippen LogP contribution in [0.5, 0.6) is 0 Å². The Morgan fingerprint density at radius 1 is 1.13 bits per heavy atom. The molecular formula is C17H22F2N4. The van der Waals surface area contributed by atoms with E-state index in [1.165, 1.54) is 0 Å². The van der Waals surface area contributed by atoms with Gasteiger partial charge in [-0.1, -0.05) is 0 Å². The zero-order valence-corrected chi connectivity index (χ0v) is 13.7. The van der Waals surface area contributed by atoms with E-state index in [4.69, 9.17) is 0 Å². The monoisotopic (exact) mass is 320 g/mol. The van der Waals surface area contributed by atoms with Gasteiger partial charge >= 0.3 is 0 Å². The molecule has 2 aromatic heterocycles. The number of nitrogens with zero attached hydrogens (tertiary/aromatic N) is 3. The molecule has 0 bridgehead atoms. The van der Waals surface area contributed by atoms with Gasteiger partial charge in [-0.05, 0) is 57.4 Å². The van der Waals surface area contributed by atoms with Gasteiger partial charge in [0.1, 0.15) is 5.82 Å². The summed E-state index contributed by atoms with van der Waals surface area (Å²) in [5.74, 6) is -1.03. The molecule has 23 heavy (non-hydrogen) atoms. The van der Waals surface area contributed by atoms with Gasteiger partial charge in [-0.3, -0.25) is 0 Å². The van der Waals surface area contributed by atoms with Gasteiger partial charge in [-0.25, -0.2) is 18.4 Å². The van der Waals surface area contributed by atoms with Crippen molar-refractivity contribution in [1.29, 1.82) is 0 Å². The van der Waals surface area contributed by atoms with Gasteiger partial charge in [0.15, 0.2) is 5.82 Å². The Labute approximate surface area is 134 Å². The molecule has 0 radical (unpaired) electrons. The third kappa shape index (κ3) is 3.68. The molecule has 1 saturated carbocycles. The minimum absolute atomic E-state index is 0.0530. The molecule has 3 rings (SSSR count). The number of aromatic nitrogens is 3. The predicted molar refractivity (Wildman–Crippen MR) is 86.4 cm³/mol. The second kappa shape index (κ2) is 5.91. The van der Waals surface area contributed by atoms with Crippen LogP contribution in [-0.4, -0.2) is 26.7 Å². The molecule has 1 fully saturated rings. The van der Waals surface area contributed by atoms with Gasteiger partial charge < -0.3 is 5.32 Å². The Morgan fingerprint density at radius 2 is 1.83 bits per heavy atom. The van der Waals surface area contributed by atoms with Crippen LogP contribution in [0.15, 0.2) is 18.2 Å². The molecule has 0 unspecified atom stereocenters. The Kier molecular flexibility index (Phi) is 4.08. The van der Waals surface area contributed by atoms with Crippen LogP contribution in [0.1, 0.15) is 42.6 Å². The molecule has 124 valence electrons. The standard InChI is InChI=1S/C17H22F2N4/c1-11-8-15(20-14-4-6-17(18,19)7-5-14)21-16(9-11)23-13(3)10-12(2)22-23/h8-10,14H,4-7H2,1-3H3,(H,20,21). The Morgan fingerprint density at radius 3 is 2.43 bits per heavy atom. The Balaban J connectivity index is 1.80. The summed E-state index contributed by atoms with van der Waals surface area (Å²) in [7, 11) is 0. The number of hydrogen-bond acceptors (Lipinski definition) is 3. The summed E-state index contributed by atoms with van der Waals surface area (Å²) < 4.78 is 28.3. The molecule has 2 aromatic rings. The maximum Gasteiger partial charge on any atom is 0.248 e. The van der Waals surface area contributed by atoms with Crippen molar-refractivity contribution in [1.82, 2.24) is 14.8 Å². The number of rotatable bonds is 3. The quantitative estimate of drug-likeness (QED) is 0.922. The third-order valence-corrected chi connectivity index (χ3v) is 4.25. The van der Waals surface area contributed by atoms with Crippen molar-refractivity contribution in [3.8, 4) is 5.82 Å². The van der Waals surface area contributed by atoms with Crippen molar-refractivity contribution >= 4 is 5.82 Å². The lowest BCUT2D eigenvalue weighted by Gasteiger charge is -2.29. The Bertz CT molecular complexity index is 699. The van der Waals surface area contributed by atoms with Crippen LogP contribution in [-0.2, 0) is 0 Å². The molecule has 0 spiro atoms. The van der Waals surface area contributed by atoms with Crippen molar-refractivity contribution in [2.45, 2.75) is 58.4 Å². The molecule has 6 heteroatoms. The van der Waals surface area contributed by atoms with Crippen molar-refractivity contribution in [2.75, 3.05) is 5.32 Å². The number of pyridine rings is 1. The van der Waals surface area contributed by atoms with Gasteiger partial charge in [-0.2, -0.15) is 5.10 Å². The number of nitrogens with one attached hydrogen (secondary N) is 1. The van der Waals surface area contributed by atoms with Crippen LogP contribution in [0.25, 0.3) is 5.82 Å². The van der Waals surface area contributed by atoms with E-state index >= 15 is 0 Å². The van der Waals surface area contributed by atoms with Crippen molar-refractivity contribution in [3.63, 3.8) is 0 Å². The number of alkyl halides is 2. The van der Waals surface area contributed by atoms with Gasteiger partial charge in [-0.15, -0.1) is 0 Å². The van der Waals surface area contributed by atoms with E-state index in [1.54, 1.807) is 0 Å². The lowest BCUT2D eigenvalue weighted by Crippen LogP contribution is -2.32. The first kappa shape index (κ1) is 15.9. The van der Waals surface area contributed by atoms with E-state index in [1.807, 2.05) is 43.7 Å². The lowest BCUT2D eigenvalue weighted by atomic mass is 9.92. The second-order valence-corrected chi connectivity index (χ2v) is 6.50. The Hall–Kier alpha value is -1.98. The highest BCUT2D eigenvalue weighted by molar-refractivity contribution is 5.44. The van der Waals surface area contributed by atoms with E-state index < -0.39 is 5.92 Å². The maximum absolute atomic E-state index is 13.3. The summed E-state index contributed by atoms with van der Waals surface area (Å²) in [5.41, 5.74) is 3.02. The zero-order chi connectivity index (χ0) is 16.6.